The average molecular weight is 393 g/mol. The molecule has 0 saturated carbocycles. The Morgan fingerprint density at radius 1 is 1.19 bits per heavy atom. The van der Waals surface area contributed by atoms with Crippen molar-refractivity contribution in [2.45, 2.75) is 19.3 Å². The summed E-state index contributed by atoms with van der Waals surface area (Å²) in [5, 5.41) is 9.08. The molecule has 2 N–H and O–H groups in total. The summed E-state index contributed by atoms with van der Waals surface area (Å²) in [6.07, 6.45) is 2.51. The van der Waals surface area contributed by atoms with Gasteiger partial charge in [-0.15, -0.1) is 0 Å². The van der Waals surface area contributed by atoms with Gasteiger partial charge in [0.2, 0.25) is 0 Å². The second-order valence-electron chi connectivity index (χ2n) is 6.54. The lowest BCUT2D eigenvalue weighted by Crippen LogP contribution is -2.41. The molecule has 0 radical (unpaired) electrons. The van der Waals surface area contributed by atoms with Crippen LogP contribution in [0.2, 0.25) is 0 Å². The van der Waals surface area contributed by atoms with E-state index in [-0.39, 0.29) is 17.6 Å². The summed E-state index contributed by atoms with van der Waals surface area (Å²) in [4.78, 5) is 25.8. The number of nitrogens with zero attached hydrogens (tertiary/aromatic N) is 1. The molecule has 2 heterocycles. The first-order chi connectivity index (χ1) is 13.0. The largest absolute Gasteiger partial charge is 0.352 e. The maximum atomic E-state index is 13.6. The minimum Gasteiger partial charge on any atom is -0.352 e. The van der Waals surface area contributed by atoms with Gasteiger partial charge in [0, 0.05) is 36.6 Å². The molecule has 3 amide bonds. The van der Waals surface area contributed by atoms with Gasteiger partial charge >= 0.3 is 6.03 Å². The Morgan fingerprint density at radius 3 is 2.63 bits per heavy atom. The third-order valence-corrected chi connectivity index (χ3v) is 5.38. The van der Waals surface area contributed by atoms with Crippen molar-refractivity contribution >= 4 is 29.0 Å². The molecule has 3 rings (SSSR count). The van der Waals surface area contributed by atoms with E-state index in [9.17, 15) is 18.4 Å². The van der Waals surface area contributed by atoms with Gasteiger partial charge in [-0.1, -0.05) is 0 Å². The fraction of sp³-hybridized carbons (Fsp3) is 0.368. The summed E-state index contributed by atoms with van der Waals surface area (Å²) < 4.78 is 26.6. The molecule has 1 aromatic carbocycles. The molecule has 2 aromatic rings. The summed E-state index contributed by atoms with van der Waals surface area (Å²) in [5.41, 5.74) is 0.652. The number of amides is 3. The number of piperidine rings is 1. The quantitative estimate of drug-likeness (QED) is 0.804. The van der Waals surface area contributed by atoms with Crippen LogP contribution >= 0.6 is 11.3 Å². The fourth-order valence-corrected chi connectivity index (χ4v) is 3.73. The molecule has 5 nitrogen and oxygen atoms in total. The Labute approximate surface area is 160 Å². The van der Waals surface area contributed by atoms with E-state index in [4.69, 9.17) is 0 Å². The van der Waals surface area contributed by atoms with Gasteiger partial charge in [0.15, 0.2) is 0 Å². The van der Waals surface area contributed by atoms with Crippen LogP contribution in [0.15, 0.2) is 35.0 Å². The molecular weight excluding hydrogens is 372 g/mol. The fourth-order valence-electron chi connectivity index (χ4n) is 3.10. The number of carbonyl (C=O) groups excluding carboxylic acids is 2. The van der Waals surface area contributed by atoms with E-state index >= 15 is 0 Å². The Bertz CT molecular complexity index is 790. The van der Waals surface area contributed by atoms with Crippen LogP contribution in [0.1, 0.15) is 29.6 Å². The smallest absolute Gasteiger partial charge is 0.321 e. The molecule has 1 fully saturated rings. The van der Waals surface area contributed by atoms with Crippen molar-refractivity contribution in [2.24, 2.45) is 5.92 Å². The topological polar surface area (TPSA) is 61.4 Å². The summed E-state index contributed by atoms with van der Waals surface area (Å²) in [5.74, 6) is -1.11. The van der Waals surface area contributed by atoms with Gasteiger partial charge in [0.1, 0.15) is 11.6 Å². The number of rotatable bonds is 5. The van der Waals surface area contributed by atoms with Gasteiger partial charge in [-0.25, -0.2) is 13.6 Å². The maximum absolute atomic E-state index is 13.6. The third kappa shape index (κ3) is 5.26. The molecule has 0 unspecified atom stereocenters. The van der Waals surface area contributed by atoms with Gasteiger partial charge < -0.3 is 15.5 Å². The zero-order valence-corrected chi connectivity index (χ0v) is 15.5. The van der Waals surface area contributed by atoms with Crippen LogP contribution in [0, 0.1) is 17.6 Å². The van der Waals surface area contributed by atoms with E-state index in [1.54, 1.807) is 11.0 Å². The number of anilines is 1. The third-order valence-electron chi connectivity index (χ3n) is 4.70. The SMILES string of the molecule is O=C(NCCC1CCN(C(=O)Nc2ccc(F)cc2F)CC1)c1ccsc1. The molecule has 0 spiro atoms. The summed E-state index contributed by atoms with van der Waals surface area (Å²) in [6.45, 7) is 1.74. The molecule has 1 saturated heterocycles. The molecule has 1 aliphatic rings. The van der Waals surface area contributed by atoms with Crippen molar-refractivity contribution in [3.8, 4) is 0 Å². The zero-order chi connectivity index (χ0) is 19.2. The van der Waals surface area contributed by atoms with E-state index in [0.717, 1.165) is 31.4 Å². The summed E-state index contributed by atoms with van der Waals surface area (Å²) in [6, 6.07) is 4.47. The Kier molecular flexibility index (Phi) is 6.39. The van der Waals surface area contributed by atoms with E-state index in [1.807, 2.05) is 10.8 Å². The molecule has 0 bridgehead atoms. The van der Waals surface area contributed by atoms with Gasteiger partial charge in [-0.2, -0.15) is 11.3 Å². The van der Waals surface area contributed by atoms with Crippen molar-refractivity contribution < 1.29 is 18.4 Å². The number of nitrogens with one attached hydrogen (secondary N) is 2. The minimum absolute atomic E-state index is 0.0281. The lowest BCUT2D eigenvalue weighted by Gasteiger charge is -2.32. The highest BCUT2D eigenvalue weighted by Gasteiger charge is 2.23. The minimum atomic E-state index is -0.792. The highest BCUT2D eigenvalue weighted by Crippen LogP contribution is 2.22. The zero-order valence-electron chi connectivity index (χ0n) is 14.7. The number of halogens is 2. The Hall–Kier alpha value is -2.48. The first kappa shape index (κ1) is 19.3. The van der Waals surface area contributed by atoms with Gasteiger partial charge in [0.25, 0.3) is 5.91 Å². The van der Waals surface area contributed by atoms with Gasteiger partial charge in [-0.05, 0) is 48.8 Å². The number of thiophene rings is 1. The van der Waals surface area contributed by atoms with Gasteiger partial charge in [0.05, 0.1) is 5.69 Å². The van der Waals surface area contributed by atoms with Crippen LogP contribution in [-0.2, 0) is 0 Å². The van der Waals surface area contributed by atoms with Crippen LogP contribution in [0.4, 0.5) is 19.3 Å². The second kappa shape index (κ2) is 8.94. The number of hydrogen-bond acceptors (Lipinski definition) is 3. The first-order valence-electron chi connectivity index (χ1n) is 8.84. The molecular formula is C19H21F2N3O2S. The van der Waals surface area contributed by atoms with Gasteiger partial charge in [-0.3, -0.25) is 4.79 Å². The van der Waals surface area contributed by atoms with Crippen LogP contribution < -0.4 is 10.6 Å². The number of hydrogen-bond donors (Lipinski definition) is 2. The predicted octanol–water partition coefficient (Wildman–Crippen LogP) is 4.09. The van der Waals surface area contributed by atoms with Crippen LogP contribution in [-0.4, -0.2) is 36.5 Å². The monoisotopic (exact) mass is 393 g/mol. The highest BCUT2D eigenvalue weighted by atomic mass is 32.1. The number of benzene rings is 1. The Balaban J connectivity index is 1.39. The van der Waals surface area contributed by atoms with Crippen LogP contribution in [0.5, 0.6) is 0 Å². The average Bonchev–Trinajstić information content (AvgIpc) is 3.19. The Morgan fingerprint density at radius 2 is 1.96 bits per heavy atom. The first-order valence-corrected chi connectivity index (χ1v) is 9.78. The van der Waals surface area contributed by atoms with E-state index < -0.39 is 11.6 Å². The molecule has 0 aliphatic carbocycles. The molecule has 1 aromatic heterocycles. The molecule has 144 valence electrons. The summed E-state index contributed by atoms with van der Waals surface area (Å²) in [7, 11) is 0. The summed E-state index contributed by atoms with van der Waals surface area (Å²) >= 11 is 1.49. The van der Waals surface area contributed by atoms with Crippen molar-refractivity contribution in [3.05, 3.63) is 52.2 Å². The van der Waals surface area contributed by atoms with Crippen molar-refractivity contribution in [3.63, 3.8) is 0 Å². The van der Waals surface area contributed by atoms with Crippen molar-refractivity contribution in [2.75, 3.05) is 25.0 Å². The molecule has 1 aliphatic heterocycles. The predicted molar refractivity (Wildman–Crippen MR) is 101 cm³/mol. The van der Waals surface area contributed by atoms with E-state index in [2.05, 4.69) is 10.6 Å². The molecule has 0 atom stereocenters. The number of carbonyl (C=O) groups is 2. The maximum Gasteiger partial charge on any atom is 0.321 e. The lowest BCUT2D eigenvalue weighted by atomic mass is 9.93. The van der Waals surface area contributed by atoms with Crippen LogP contribution in [0.3, 0.4) is 0 Å². The standard InChI is InChI=1S/C19H21F2N3O2S/c20-15-1-2-17(16(21)11-15)23-19(26)24-8-4-13(5-9-24)3-7-22-18(25)14-6-10-27-12-14/h1-2,6,10-13H,3-5,7-9H2,(H,22,25)(H,23,26). The van der Waals surface area contributed by atoms with Crippen LogP contribution in [0.25, 0.3) is 0 Å². The van der Waals surface area contributed by atoms with Crippen molar-refractivity contribution in [1.82, 2.24) is 10.2 Å². The molecule has 27 heavy (non-hydrogen) atoms. The number of urea groups is 1. The van der Waals surface area contributed by atoms with E-state index in [0.29, 0.717) is 31.1 Å². The number of likely N-dealkylation sites (tertiary alicyclic amines) is 1. The molecule has 8 heteroatoms. The highest BCUT2D eigenvalue weighted by molar-refractivity contribution is 7.08. The second-order valence-corrected chi connectivity index (χ2v) is 7.32. The van der Waals surface area contributed by atoms with Crippen molar-refractivity contribution in [1.29, 1.82) is 0 Å². The lowest BCUT2D eigenvalue weighted by molar-refractivity contribution is 0.0950. The normalized spacial score (nSPS) is 14.8. The van der Waals surface area contributed by atoms with E-state index in [1.165, 1.54) is 17.4 Å².